The summed E-state index contributed by atoms with van der Waals surface area (Å²) in [4.78, 5) is 11.9. The summed E-state index contributed by atoms with van der Waals surface area (Å²) >= 11 is 0. The summed E-state index contributed by atoms with van der Waals surface area (Å²) < 4.78 is 23.7. The summed E-state index contributed by atoms with van der Waals surface area (Å²) in [5, 5.41) is 2.73. The number of carbonyl (C=O) groups excluding carboxylic acids is 1. The molecule has 1 unspecified atom stereocenters. The van der Waals surface area contributed by atoms with E-state index in [1.54, 1.807) is 45.0 Å². The third-order valence-corrected chi connectivity index (χ3v) is 6.00. The average Bonchev–Trinajstić information content (AvgIpc) is 2.37. The quantitative estimate of drug-likeness (QED) is 0.840. The van der Waals surface area contributed by atoms with Crippen molar-refractivity contribution in [3.8, 4) is 0 Å². The maximum atomic E-state index is 12.2. The van der Waals surface area contributed by atoms with Gasteiger partial charge in [-0.05, 0) is 44.9 Å². The second-order valence-electron chi connectivity index (χ2n) is 6.46. The van der Waals surface area contributed by atoms with E-state index in [1.165, 1.54) is 0 Å². The van der Waals surface area contributed by atoms with E-state index in [2.05, 4.69) is 5.32 Å². The third-order valence-electron chi connectivity index (χ3n) is 3.42. The van der Waals surface area contributed by atoms with E-state index in [0.29, 0.717) is 17.7 Å². The lowest BCUT2D eigenvalue weighted by molar-refractivity contribution is -0.117. The van der Waals surface area contributed by atoms with Crippen molar-refractivity contribution in [2.45, 2.75) is 57.1 Å². The molecule has 1 aromatic carbocycles. The Kier molecular flexibility index (Phi) is 6.14. The highest BCUT2D eigenvalue weighted by molar-refractivity contribution is 7.91. The van der Waals surface area contributed by atoms with E-state index < -0.39 is 20.6 Å². The van der Waals surface area contributed by atoms with Crippen LogP contribution in [0, 0.1) is 0 Å². The molecule has 5 nitrogen and oxygen atoms in total. The Morgan fingerprint density at radius 3 is 2.50 bits per heavy atom. The Bertz CT molecular complexity index is 619. The smallest absolute Gasteiger partial charge is 0.241 e. The van der Waals surface area contributed by atoms with Gasteiger partial charge in [0.15, 0.2) is 9.84 Å². The number of hydrogen-bond acceptors (Lipinski definition) is 4. The first kappa shape index (κ1) is 18.6. The minimum atomic E-state index is -3.26. The molecule has 3 N–H and O–H groups in total. The standard InChI is InChI=1S/C16H26N2O3S/c1-5-7-14(17)15(19)18-13-9-6-8-12(10-13)11-22(20,21)16(2,3)4/h6,8-10,14H,5,7,11,17H2,1-4H3,(H,18,19). The lowest BCUT2D eigenvalue weighted by Crippen LogP contribution is -2.35. The fourth-order valence-corrected chi connectivity index (χ4v) is 2.90. The molecule has 1 aromatic rings. The highest BCUT2D eigenvalue weighted by Gasteiger charge is 2.29. The molecule has 0 bridgehead atoms. The Balaban J connectivity index is 2.85. The maximum Gasteiger partial charge on any atom is 0.241 e. The first-order valence-electron chi connectivity index (χ1n) is 7.44. The highest BCUT2D eigenvalue weighted by atomic mass is 32.2. The molecular formula is C16H26N2O3S. The summed E-state index contributed by atoms with van der Waals surface area (Å²) in [6, 6.07) is 6.33. The molecule has 0 radical (unpaired) electrons. The first-order chi connectivity index (χ1) is 10.1. The van der Waals surface area contributed by atoms with Crippen molar-refractivity contribution in [3.05, 3.63) is 29.8 Å². The topological polar surface area (TPSA) is 89.3 Å². The van der Waals surface area contributed by atoms with Crippen LogP contribution < -0.4 is 11.1 Å². The van der Waals surface area contributed by atoms with E-state index >= 15 is 0 Å². The van der Waals surface area contributed by atoms with Crippen molar-refractivity contribution in [2.75, 3.05) is 5.32 Å². The van der Waals surface area contributed by atoms with Gasteiger partial charge in [-0.3, -0.25) is 4.79 Å². The zero-order chi connectivity index (χ0) is 17.0. The van der Waals surface area contributed by atoms with Gasteiger partial charge in [-0.2, -0.15) is 0 Å². The highest BCUT2D eigenvalue weighted by Crippen LogP contribution is 2.22. The van der Waals surface area contributed by atoms with Crippen LogP contribution >= 0.6 is 0 Å². The van der Waals surface area contributed by atoms with E-state index in [9.17, 15) is 13.2 Å². The number of rotatable bonds is 6. The molecule has 0 fully saturated rings. The van der Waals surface area contributed by atoms with Gasteiger partial charge in [0.25, 0.3) is 0 Å². The van der Waals surface area contributed by atoms with Crippen LogP contribution in [0.25, 0.3) is 0 Å². The number of carbonyl (C=O) groups is 1. The number of amides is 1. The van der Waals surface area contributed by atoms with Crippen LogP contribution in [0.3, 0.4) is 0 Å². The lowest BCUT2D eigenvalue weighted by atomic mass is 10.1. The van der Waals surface area contributed by atoms with Crippen molar-refractivity contribution in [3.63, 3.8) is 0 Å². The summed E-state index contributed by atoms with van der Waals surface area (Å²) in [6.45, 7) is 7.00. The number of anilines is 1. The number of nitrogens with one attached hydrogen (secondary N) is 1. The van der Waals surface area contributed by atoms with Crippen LogP contribution in [-0.4, -0.2) is 25.1 Å². The maximum absolute atomic E-state index is 12.2. The second-order valence-corrected chi connectivity index (χ2v) is 9.20. The van der Waals surface area contributed by atoms with Gasteiger partial charge in [0.2, 0.25) is 5.91 Å². The van der Waals surface area contributed by atoms with Crippen molar-refractivity contribution in [2.24, 2.45) is 5.73 Å². The van der Waals surface area contributed by atoms with Gasteiger partial charge >= 0.3 is 0 Å². The van der Waals surface area contributed by atoms with Gasteiger partial charge in [-0.25, -0.2) is 8.42 Å². The minimum Gasteiger partial charge on any atom is -0.325 e. The van der Waals surface area contributed by atoms with Gasteiger partial charge in [0.05, 0.1) is 16.5 Å². The second kappa shape index (κ2) is 7.24. The van der Waals surface area contributed by atoms with E-state index in [0.717, 1.165) is 6.42 Å². The number of benzene rings is 1. The normalized spacial score (nSPS) is 13.7. The number of hydrogen-bond donors (Lipinski definition) is 2. The van der Waals surface area contributed by atoms with Gasteiger partial charge < -0.3 is 11.1 Å². The average molecular weight is 326 g/mol. The molecule has 0 spiro atoms. The molecule has 22 heavy (non-hydrogen) atoms. The third kappa shape index (κ3) is 5.10. The molecule has 0 aliphatic rings. The van der Waals surface area contributed by atoms with Crippen LogP contribution in [0.2, 0.25) is 0 Å². The van der Waals surface area contributed by atoms with Crippen molar-refractivity contribution >= 4 is 21.4 Å². The molecule has 0 saturated heterocycles. The SMILES string of the molecule is CCCC(N)C(=O)Nc1cccc(CS(=O)(=O)C(C)(C)C)c1. The molecule has 1 amide bonds. The zero-order valence-electron chi connectivity index (χ0n) is 13.7. The van der Waals surface area contributed by atoms with Crippen LogP contribution in [0.1, 0.15) is 46.1 Å². The fourth-order valence-electron chi connectivity index (χ4n) is 1.85. The predicted molar refractivity (Wildman–Crippen MR) is 90.3 cm³/mol. The lowest BCUT2D eigenvalue weighted by Gasteiger charge is -2.19. The van der Waals surface area contributed by atoms with Crippen LogP contribution in [0.5, 0.6) is 0 Å². The predicted octanol–water partition coefficient (Wildman–Crippen LogP) is 2.47. The minimum absolute atomic E-state index is 0.0543. The zero-order valence-corrected chi connectivity index (χ0v) is 14.5. The van der Waals surface area contributed by atoms with Gasteiger partial charge in [0.1, 0.15) is 0 Å². The Labute approximate surface area is 133 Å². The van der Waals surface area contributed by atoms with Crippen LogP contribution in [-0.2, 0) is 20.4 Å². The van der Waals surface area contributed by atoms with Gasteiger partial charge in [-0.1, -0.05) is 25.5 Å². The van der Waals surface area contributed by atoms with Crippen LogP contribution in [0.15, 0.2) is 24.3 Å². The van der Waals surface area contributed by atoms with Crippen molar-refractivity contribution in [1.82, 2.24) is 0 Å². The molecule has 0 saturated carbocycles. The van der Waals surface area contributed by atoms with Crippen molar-refractivity contribution < 1.29 is 13.2 Å². The molecule has 0 aromatic heterocycles. The Morgan fingerprint density at radius 1 is 1.32 bits per heavy atom. The fraction of sp³-hybridized carbons (Fsp3) is 0.562. The van der Waals surface area contributed by atoms with E-state index in [-0.39, 0.29) is 11.7 Å². The van der Waals surface area contributed by atoms with Crippen LogP contribution in [0.4, 0.5) is 5.69 Å². The molecule has 0 aliphatic carbocycles. The molecule has 124 valence electrons. The molecule has 0 heterocycles. The van der Waals surface area contributed by atoms with Crippen molar-refractivity contribution in [1.29, 1.82) is 0 Å². The summed E-state index contributed by atoms with van der Waals surface area (Å²) in [6.07, 6.45) is 1.45. The van der Waals surface area contributed by atoms with Gasteiger partial charge in [0, 0.05) is 5.69 Å². The molecule has 6 heteroatoms. The summed E-state index contributed by atoms with van der Waals surface area (Å²) in [5.74, 6) is -0.306. The summed E-state index contributed by atoms with van der Waals surface area (Å²) in [5.41, 5.74) is 6.98. The summed E-state index contributed by atoms with van der Waals surface area (Å²) in [7, 11) is -3.26. The Hall–Kier alpha value is -1.40. The largest absolute Gasteiger partial charge is 0.325 e. The molecular weight excluding hydrogens is 300 g/mol. The molecule has 1 rings (SSSR count). The monoisotopic (exact) mass is 326 g/mol. The van der Waals surface area contributed by atoms with E-state index in [4.69, 9.17) is 5.73 Å². The van der Waals surface area contributed by atoms with E-state index in [1.807, 2.05) is 6.92 Å². The Morgan fingerprint density at radius 2 is 1.95 bits per heavy atom. The van der Waals surface area contributed by atoms with Gasteiger partial charge in [-0.15, -0.1) is 0 Å². The molecule has 0 aliphatic heterocycles. The molecule has 1 atom stereocenters. The number of nitrogens with two attached hydrogens (primary N) is 1. The number of sulfone groups is 1. The first-order valence-corrected chi connectivity index (χ1v) is 9.09.